The van der Waals surface area contributed by atoms with Crippen molar-refractivity contribution in [3.8, 4) is 6.07 Å². The summed E-state index contributed by atoms with van der Waals surface area (Å²) in [6.07, 6.45) is 4.51. The SMILES string of the molecule is CCC(=C(c1ccccc1)c1ccc(C=CC(=O)NCCC#N)cc1)c1ccccc1. The molecule has 0 heterocycles. The van der Waals surface area contributed by atoms with Crippen molar-refractivity contribution in [1.29, 1.82) is 5.26 Å². The van der Waals surface area contributed by atoms with Gasteiger partial charge in [0.05, 0.1) is 12.5 Å². The molecule has 0 aromatic heterocycles. The summed E-state index contributed by atoms with van der Waals surface area (Å²) < 4.78 is 0. The second-order valence-electron chi connectivity index (χ2n) is 7.09. The zero-order chi connectivity index (χ0) is 21.9. The number of nitrogens with zero attached hydrogens (tertiary/aromatic N) is 1. The highest BCUT2D eigenvalue weighted by Crippen LogP contribution is 2.34. The van der Waals surface area contributed by atoms with Crippen molar-refractivity contribution in [1.82, 2.24) is 5.32 Å². The van der Waals surface area contributed by atoms with Crippen LogP contribution in [0.5, 0.6) is 0 Å². The molecule has 31 heavy (non-hydrogen) atoms. The molecule has 0 spiro atoms. The van der Waals surface area contributed by atoms with E-state index in [0.717, 1.165) is 17.5 Å². The first-order valence-corrected chi connectivity index (χ1v) is 10.5. The summed E-state index contributed by atoms with van der Waals surface area (Å²) in [6, 6.07) is 31.2. The van der Waals surface area contributed by atoms with E-state index in [2.05, 4.69) is 72.9 Å². The molecule has 154 valence electrons. The Morgan fingerprint density at radius 2 is 1.45 bits per heavy atom. The highest BCUT2D eigenvalue weighted by atomic mass is 16.1. The van der Waals surface area contributed by atoms with Crippen LogP contribution in [-0.4, -0.2) is 12.5 Å². The Hall–Kier alpha value is -3.90. The lowest BCUT2D eigenvalue weighted by molar-refractivity contribution is -0.116. The summed E-state index contributed by atoms with van der Waals surface area (Å²) in [4.78, 5) is 11.8. The monoisotopic (exact) mass is 406 g/mol. The molecular weight excluding hydrogens is 380 g/mol. The number of benzene rings is 3. The van der Waals surface area contributed by atoms with E-state index < -0.39 is 0 Å². The molecule has 3 aromatic rings. The van der Waals surface area contributed by atoms with E-state index >= 15 is 0 Å². The highest BCUT2D eigenvalue weighted by molar-refractivity contribution is 5.98. The zero-order valence-corrected chi connectivity index (χ0v) is 17.7. The van der Waals surface area contributed by atoms with Crippen molar-refractivity contribution in [3.05, 3.63) is 113 Å². The van der Waals surface area contributed by atoms with Crippen LogP contribution in [0.25, 0.3) is 17.2 Å². The van der Waals surface area contributed by atoms with E-state index in [-0.39, 0.29) is 5.91 Å². The summed E-state index contributed by atoms with van der Waals surface area (Å²) in [6.45, 7) is 2.55. The maximum Gasteiger partial charge on any atom is 0.244 e. The number of amides is 1. The molecule has 0 unspecified atom stereocenters. The van der Waals surface area contributed by atoms with Gasteiger partial charge in [-0.25, -0.2) is 0 Å². The lowest BCUT2D eigenvalue weighted by Crippen LogP contribution is -2.21. The van der Waals surface area contributed by atoms with Crippen molar-refractivity contribution in [2.24, 2.45) is 0 Å². The van der Waals surface area contributed by atoms with E-state index in [9.17, 15) is 4.79 Å². The fraction of sp³-hybridized carbons (Fsp3) is 0.143. The number of nitrogens with one attached hydrogen (secondary N) is 1. The Labute approximate surface area is 184 Å². The molecule has 1 amide bonds. The fourth-order valence-electron chi connectivity index (χ4n) is 3.52. The Balaban J connectivity index is 1.94. The van der Waals surface area contributed by atoms with Crippen molar-refractivity contribution in [3.63, 3.8) is 0 Å². The Bertz CT molecular complexity index is 1090. The third-order valence-electron chi connectivity index (χ3n) is 5.00. The molecule has 3 nitrogen and oxygen atoms in total. The zero-order valence-electron chi connectivity index (χ0n) is 17.7. The number of hydrogen-bond acceptors (Lipinski definition) is 2. The van der Waals surface area contributed by atoms with Crippen LogP contribution < -0.4 is 5.32 Å². The molecule has 0 aliphatic rings. The van der Waals surface area contributed by atoms with Crippen LogP contribution in [0.2, 0.25) is 0 Å². The first-order chi connectivity index (χ1) is 15.2. The molecule has 0 aliphatic carbocycles. The molecule has 1 N–H and O–H groups in total. The van der Waals surface area contributed by atoms with Crippen molar-refractivity contribution in [2.45, 2.75) is 19.8 Å². The molecule has 3 aromatic carbocycles. The van der Waals surface area contributed by atoms with Crippen LogP contribution in [0.4, 0.5) is 0 Å². The van der Waals surface area contributed by atoms with Crippen molar-refractivity contribution < 1.29 is 4.79 Å². The predicted octanol–water partition coefficient (Wildman–Crippen LogP) is 6.10. The van der Waals surface area contributed by atoms with E-state index in [1.165, 1.54) is 28.3 Å². The molecule has 3 heteroatoms. The van der Waals surface area contributed by atoms with E-state index in [1.807, 2.05) is 30.3 Å². The third-order valence-corrected chi connectivity index (χ3v) is 5.00. The molecule has 0 saturated heterocycles. The Kier molecular flexibility index (Phi) is 7.97. The average Bonchev–Trinajstić information content (AvgIpc) is 2.83. The van der Waals surface area contributed by atoms with Crippen molar-refractivity contribution >= 4 is 23.1 Å². The minimum Gasteiger partial charge on any atom is -0.352 e. The molecule has 0 saturated carbocycles. The summed E-state index contributed by atoms with van der Waals surface area (Å²) in [5.74, 6) is -0.193. The fourth-order valence-corrected chi connectivity index (χ4v) is 3.52. The summed E-state index contributed by atoms with van der Waals surface area (Å²) in [5, 5.41) is 11.2. The van der Waals surface area contributed by atoms with Crippen LogP contribution in [0.15, 0.2) is 91.0 Å². The predicted molar refractivity (Wildman–Crippen MR) is 128 cm³/mol. The first kappa shape index (κ1) is 21.8. The first-order valence-electron chi connectivity index (χ1n) is 10.5. The molecule has 0 fully saturated rings. The van der Waals surface area contributed by atoms with Gasteiger partial charge in [0.1, 0.15) is 0 Å². The van der Waals surface area contributed by atoms with E-state index in [0.29, 0.717) is 13.0 Å². The number of carbonyl (C=O) groups excluding carboxylic acids is 1. The number of carbonyl (C=O) groups is 1. The van der Waals surface area contributed by atoms with Crippen molar-refractivity contribution in [2.75, 3.05) is 6.54 Å². The van der Waals surface area contributed by atoms with Gasteiger partial charge in [0.2, 0.25) is 5.91 Å². The van der Waals surface area contributed by atoms with Gasteiger partial charge in [-0.1, -0.05) is 91.9 Å². The van der Waals surface area contributed by atoms with Crippen LogP contribution in [0.1, 0.15) is 42.0 Å². The highest BCUT2D eigenvalue weighted by Gasteiger charge is 2.12. The maximum absolute atomic E-state index is 11.8. The van der Waals surface area contributed by atoms with Gasteiger partial charge in [0.15, 0.2) is 0 Å². The van der Waals surface area contributed by atoms with Gasteiger partial charge in [0.25, 0.3) is 0 Å². The van der Waals surface area contributed by atoms with Crippen LogP contribution >= 0.6 is 0 Å². The number of hydrogen-bond donors (Lipinski definition) is 1. The number of allylic oxidation sites excluding steroid dienone is 1. The van der Waals surface area contributed by atoms with Gasteiger partial charge in [-0.3, -0.25) is 4.79 Å². The molecule has 3 rings (SSSR count). The molecule has 0 bridgehead atoms. The van der Waals surface area contributed by atoms with Gasteiger partial charge in [-0.15, -0.1) is 0 Å². The minimum atomic E-state index is -0.193. The van der Waals surface area contributed by atoms with Gasteiger partial charge >= 0.3 is 0 Å². The minimum absolute atomic E-state index is 0.193. The standard InChI is InChI=1S/C28H26N2O/c1-2-26(23-10-5-3-6-11-23)28(24-12-7-4-8-13-24)25-17-14-22(15-18-25)16-19-27(31)30-21-9-20-29/h3-8,10-19H,2,9,21H2,1H3,(H,30,31). The van der Waals surface area contributed by atoms with E-state index in [1.54, 1.807) is 6.08 Å². The van der Waals surface area contributed by atoms with E-state index in [4.69, 9.17) is 5.26 Å². The topological polar surface area (TPSA) is 52.9 Å². The second-order valence-corrected chi connectivity index (χ2v) is 7.09. The van der Waals surface area contributed by atoms with Gasteiger partial charge in [0, 0.05) is 12.6 Å². The molecule has 0 radical (unpaired) electrons. The molecule has 0 atom stereocenters. The summed E-state index contributed by atoms with van der Waals surface area (Å²) in [7, 11) is 0. The Morgan fingerprint density at radius 3 is 2.03 bits per heavy atom. The average molecular weight is 407 g/mol. The smallest absolute Gasteiger partial charge is 0.244 e. The van der Waals surface area contributed by atoms with Crippen LogP contribution in [0, 0.1) is 11.3 Å². The van der Waals surface area contributed by atoms with Gasteiger partial charge < -0.3 is 5.32 Å². The maximum atomic E-state index is 11.8. The number of nitriles is 1. The Morgan fingerprint density at radius 1 is 0.871 bits per heavy atom. The number of rotatable bonds is 8. The third kappa shape index (κ3) is 6.04. The van der Waals surface area contributed by atoms with Gasteiger partial charge in [-0.2, -0.15) is 5.26 Å². The summed E-state index contributed by atoms with van der Waals surface area (Å²) >= 11 is 0. The second kappa shape index (κ2) is 11.3. The lowest BCUT2D eigenvalue weighted by atomic mass is 9.88. The lowest BCUT2D eigenvalue weighted by Gasteiger charge is -2.16. The normalized spacial score (nSPS) is 11.6. The van der Waals surface area contributed by atoms with Crippen LogP contribution in [-0.2, 0) is 4.79 Å². The molecule has 0 aliphatic heterocycles. The van der Waals surface area contributed by atoms with Gasteiger partial charge in [-0.05, 0) is 45.9 Å². The largest absolute Gasteiger partial charge is 0.352 e. The molecular formula is C28H26N2O. The quantitative estimate of drug-likeness (QED) is 0.279. The summed E-state index contributed by atoms with van der Waals surface area (Å²) in [5.41, 5.74) is 7.02. The van der Waals surface area contributed by atoms with Crippen LogP contribution in [0.3, 0.4) is 0 Å².